The summed E-state index contributed by atoms with van der Waals surface area (Å²) in [5, 5.41) is 7.47. The summed E-state index contributed by atoms with van der Waals surface area (Å²) in [6, 6.07) is 2.25. The van der Waals surface area contributed by atoms with E-state index in [2.05, 4.69) is 9.71 Å². The van der Waals surface area contributed by atoms with Gasteiger partial charge in [-0.05, 0) is 12.1 Å². The Balaban J connectivity index is 2.73. The molecule has 0 radical (unpaired) electrons. The maximum Gasteiger partial charge on any atom is 0.239 e. The Kier molecular flexibility index (Phi) is 2.84. The number of primary sulfonamides is 1. The number of anilines is 1. The molecule has 10 heteroatoms. The fourth-order valence-electron chi connectivity index (χ4n) is 1.32. The Morgan fingerprint density at radius 3 is 2.65 bits per heavy atom. The first kappa shape index (κ1) is 12.6. The van der Waals surface area contributed by atoms with E-state index in [0.717, 1.165) is 12.4 Å². The number of hydrogen-bond donors (Lipinski definition) is 4. The zero-order valence-corrected chi connectivity index (χ0v) is 10.6. The third-order valence-corrected chi connectivity index (χ3v) is 4.76. The van der Waals surface area contributed by atoms with E-state index >= 15 is 0 Å². The molecule has 1 aromatic carbocycles. The van der Waals surface area contributed by atoms with Crippen LogP contribution in [0.15, 0.2) is 26.3 Å². The highest BCUT2D eigenvalue weighted by atomic mass is 35.5. The van der Waals surface area contributed by atoms with Gasteiger partial charge in [-0.1, -0.05) is 22.4 Å². The molecular formula is C7H8ClN3O4S2. The van der Waals surface area contributed by atoms with Crippen LogP contribution >= 0.6 is 22.4 Å². The predicted octanol–water partition coefficient (Wildman–Crippen LogP) is 1.47. The Bertz CT molecular complexity index is 614. The molecule has 2 rings (SSSR count). The van der Waals surface area contributed by atoms with Crippen molar-refractivity contribution in [2.45, 2.75) is 9.79 Å². The molecule has 0 aromatic heterocycles. The molecule has 0 unspecified atom stereocenters. The maximum atomic E-state index is 11.2. The molecule has 0 saturated heterocycles. The predicted molar refractivity (Wildman–Crippen MR) is 66.1 cm³/mol. The summed E-state index contributed by atoms with van der Waals surface area (Å²) in [6.45, 7) is 0. The molecule has 1 aromatic rings. The van der Waals surface area contributed by atoms with Gasteiger partial charge in [-0.3, -0.25) is 9.11 Å². The van der Waals surface area contributed by atoms with Crippen molar-refractivity contribution >= 4 is 44.4 Å². The summed E-state index contributed by atoms with van der Waals surface area (Å²) in [5.41, 5.74) is 0.275. The highest BCUT2D eigenvalue weighted by Gasteiger charge is 2.26. The monoisotopic (exact) mass is 297 g/mol. The van der Waals surface area contributed by atoms with Crippen molar-refractivity contribution in [3.05, 3.63) is 17.2 Å². The van der Waals surface area contributed by atoms with Gasteiger partial charge in [0.1, 0.15) is 16.1 Å². The number of fused-ring (bicyclic) bond motifs is 1. The normalized spacial score (nSPS) is 19.3. The molecule has 94 valence electrons. The van der Waals surface area contributed by atoms with E-state index < -0.39 is 20.8 Å². The van der Waals surface area contributed by atoms with Gasteiger partial charge in [0.2, 0.25) is 10.0 Å². The highest BCUT2D eigenvalue weighted by Crippen LogP contribution is 2.55. The molecule has 0 fully saturated rings. The van der Waals surface area contributed by atoms with E-state index in [0.29, 0.717) is 0 Å². The number of benzene rings is 1. The van der Waals surface area contributed by atoms with Crippen LogP contribution in [0.1, 0.15) is 0 Å². The van der Waals surface area contributed by atoms with Crippen LogP contribution in [0.5, 0.6) is 0 Å². The van der Waals surface area contributed by atoms with Crippen LogP contribution in [0, 0.1) is 0 Å². The van der Waals surface area contributed by atoms with Crippen LogP contribution in [-0.4, -0.2) is 23.9 Å². The van der Waals surface area contributed by atoms with Crippen molar-refractivity contribution in [2.24, 2.45) is 9.54 Å². The lowest BCUT2D eigenvalue weighted by molar-refractivity contribution is 0.489. The average Bonchev–Trinajstić information content (AvgIpc) is 2.13. The molecule has 17 heavy (non-hydrogen) atoms. The van der Waals surface area contributed by atoms with Gasteiger partial charge < -0.3 is 5.32 Å². The fourth-order valence-corrected chi connectivity index (χ4v) is 3.49. The molecular weight excluding hydrogens is 290 g/mol. The first-order valence-corrected chi connectivity index (χ1v) is 7.59. The molecule has 0 amide bonds. The topological polar surface area (TPSA) is 125 Å². The lowest BCUT2D eigenvalue weighted by atomic mass is 10.3. The molecule has 1 aliphatic heterocycles. The second-order valence-corrected chi connectivity index (χ2v) is 6.85. The molecule has 0 spiro atoms. The molecule has 0 aliphatic carbocycles. The summed E-state index contributed by atoms with van der Waals surface area (Å²) in [7, 11) is -7.45. The summed E-state index contributed by atoms with van der Waals surface area (Å²) in [6.07, 6.45) is 1.10. The minimum atomic E-state index is -4.04. The number of nitrogens with one attached hydrogen (secondary N) is 1. The lowest BCUT2D eigenvalue weighted by Crippen LogP contribution is -2.15. The number of hydrogen-bond acceptors (Lipinski definition) is 6. The van der Waals surface area contributed by atoms with Crippen LogP contribution in [0.4, 0.5) is 5.69 Å². The van der Waals surface area contributed by atoms with Gasteiger partial charge in [-0.2, -0.15) is 0 Å². The van der Waals surface area contributed by atoms with E-state index in [1.807, 2.05) is 0 Å². The van der Waals surface area contributed by atoms with Gasteiger partial charge in [0.05, 0.1) is 10.7 Å². The molecule has 7 nitrogen and oxygen atoms in total. The summed E-state index contributed by atoms with van der Waals surface area (Å²) >= 11 is 5.74. The van der Waals surface area contributed by atoms with Crippen molar-refractivity contribution in [1.29, 1.82) is 0 Å². The number of rotatable bonds is 1. The van der Waals surface area contributed by atoms with Gasteiger partial charge in [-0.25, -0.2) is 13.6 Å². The Hall–Kier alpha value is -0.840. The number of halogens is 1. The standard InChI is InChI=1S/C7H8ClN3O4S2/c8-4-1-5-7(2-6(4)16(9,12)13)17(14,15)11-3-10-5/h1-3,14-15H,(H,10,11)(H2,9,12,13). The van der Waals surface area contributed by atoms with Crippen LogP contribution in [0.3, 0.4) is 0 Å². The molecule has 1 aliphatic rings. The molecule has 0 atom stereocenters. The van der Waals surface area contributed by atoms with E-state index in [9.17, 15) is 17.5 Å². The van der Waals surface area contributed by atoms with E-state index in [1.54, 1.807) is 0 Å². The third kappa shape index (κ3) is 2.25. The Morgan fingerprint density at radius 1 is 1.41 bits per heavy atom. The first-order chi connectivity index (χ1) is 7.72. The quantitative estimate of drug-likeness (QED) is 0.624. The smallest absolute Gasteiger partial charge is 0.239 e. The molecule has 1 heterocycles. The van der Waals surface area contributed by atoms with Crippen LogP contribution in [0.2, 0.25) is 5.02 Å². The van der Waals surface area contributed by atoms with Crippen LogP contribution in [-0.2, 0) is 10.0 Å². The number of nitrogens with zero attached hydrogens (tertiary/aromatic N) is 1. The van der Waals surface area contributed by atoms with Gasteiger partial charge >= 0.3 is 0 Å². The minimum absolute atomic E-state index is 0.0616. The SMILES string of the molecule is NS(=O)(=O)c1cc2c(cc1Cl)NC=NS2(O)O. The average molecular weight is 298 g/mol. The Labute approximate surface area is 104 Å². The van der Waals surface area contributed by atoms with Crippen molar-refractivity contribution < 1.29 is 17.5 Å². The maximum absolute atomic E-state index is 11.2. The zero-order valence-electron chi connectivity index (χ0n) is 8.16. The fraction of sp³-hybridized carbons (Fsp3) is 0. The van der Waals surface area contributed by atoms with E-state index in [1.165, 1.54) is 6.07 Å². The summed E-state index contributed by atoms with van der Waals surface area (Å²) in [5.74, 6) is 0. The minimum Gasteiger partial charge on any atom is -0.343 e. The number of sulfonamides is 1. The van der Waals surface area contributed by atoms with Crippen LogP contribution in [0.25, 0.3) is 0 Å². The Morgan fingerprint density at radius 2 is 2.06 bits per heavy atom. The zero-order chi connectivity index (χ0) is 12.8. The second-order valence-electron chi connectivity index (χ2n) is 3.22. The van der Waals surface area contributed by atoms with Gasteiger partial charge in [-0.15, -0.1) is 4.40 Å². The van der Waals surface area contributed by atoms with Gasteiger partial charge in [0, 0.05) is 0 Å². The van der Waals surface area contributed by atoms with Crippen molar-refractivity contribution in [3.8, 4) is 0 Å². The highest BCUT2D eigenvalue weighted by molar-refractivity contribution is 8.23. The van der Waals surface area contributed by atoms with Crippen molar-refractivity contribution in [3.63, 3.8) is 0 Å². The largest absolute Gasteiger partial charge is 0.343 e. The second kappa shape index (κ2) is 3.83. The molecule has 0 bridgehead atoms. The number of nitrogens with two attached hydrogens (primary N) is 1. The summed E-state index contributed by atoms with van der Waals surface area (Å²) < 4.78 is 45.2. The summed E-state index contributed by atoms with van der Waals surface area (Å²) in [4.78, 5) is -0.440. The van der Waals surface area contributed by atoms with Crippen LogP contribution < -0.4 is 10.5 Å². The van der Waals surface area contributed by atoms with Gasteiger partial charge in [0.15, 0.2) is 0 Å². The van der Waals surface area contributed by atoms with Gasteiger partial charge in [0.25, 0.3) is 0 Å². The van der Waals surface area contributed by atoms with Crippen molar-refractivity contribution in [1.82, 2.24) is 0 Å². The third-order valence-electron chi connectivity index (χ3n) is 2.06. The first-order valence-electron chi connectivity index (χ1n) is 4.17. The van der Waals surface area contributed by atoms with E-state index in [4.69, 9.17) is 16.7 Å². The van der Waals surface area contributed by atoms with Crippen molar-refractivity contribution in [2.75, 3.05) is 5.32 Å². The molecule has 0 saturated carbocycles. The lowest BCUT2D eigenvalue weighted by Gasteiger charge is -2.31. The van der Waals surface area contributed by atoms with E-state index in [-0.39, 0.29) is 20.5 Å². The molecule has 5 N–H and O–H groups in total.